The Morgan fingerprint density at radius 3 is 2.62 bits per heavy atom. The van der Waals surface area contributed by atoms with E-state index in [1.165, 1.54) is 0 Å². The van der Waals surface area contributed by atoms with Gasteiger partial charge in [0.05, 0.1) is 11.9 Å². The molecule has 1 aromatic carbocycles. The lowest BCUT2D eigenvalue weighted by atomic mass is 9.86. The molecule has 188 valence electrons. The van der Waals surface area contributed by atoms with E-state index in [0.717, 1.165) is 43.6 Å². The van der Waals surface area contributed by atoms with E-state index in [-0.39, 0.29) is 17.2 Å². The zero-order valence-electron chi connectivity index (χ0n) is 22.3. The molecule has 1 aromatic rings. The van der Waals surface area contributed by atoms with Crippen LogP contribution in [0.5, 0.6) is 5.75 Å². The Hall–Kier alpha value is -1.78. The standard InChI is InChI=1S/C30H46O3Si/c1-23-21-29-28(18-14-9-8-11-15-24(2)32-29)27(23)20-19-26(33-34(6,7)30(3,4)5)22-31-25-16-12-10-13-17-25/h9-10,12-14,16-17,19-20,23,26-29H,2,8,11,15,18,21-22H2,1,3-7H3/b14-9-,20-19+/t23-,26-,27+,28-,29+/m1/s1. The maximum atomic E-state index is 6.82. The summed E-state index contributed by atoms with van der Waals surface area (Å²) in [5.74, 6) is 3.35. The highest BCUT2D eigenvalue weighted by Crippen LogP contribution is 2.43. The van der Waals surface area contributed by atoms with Gasteiger partial charge in [-0.3, -0.25) is 0 Å². The fraction of sp³-hybridized carbons (Fsp3) is 0.600. The van der Waals surface area contributed by atoms with Crippen LogP contribution in [0.3, 0.4) is 0 Å². The van der Waals surface area contributed by atoms with Crippen LogP contribution in [0.4, 0.5) is 0 Å². The molecule has 3 nitrogen and oxygen atoms in total. The topological polar surface area (TPSA) is 27.7 Å². The van der Waals surface area contributed by atoms with Crippen molar-refractivity contribution in [1.29, 1.82) is 0 Å². The molecule has 1 aliphatic heterocycles. The van der Waals surface area contributed by atoms with Crippen LogP contribution < -0.4 is 4.74 Å². The number of rotatable bonds is 7. The Kier molecular flexibility index (Phi) is 9.28. The van der Waals surface area contributed by atoms with E-state index in [2.05, 4.69) is 71.7 Å². The molecule has 2 aliphatic rings. The first-order valence-electron chi connectivity index (χ1n) is 13.1. The first-order chi connectivity index (χ1) is 16.1. The number of ether oxygens (including phenoxy) is 2. The molecule has 1 fully saturated rings. The highest BCUT2D eigenvalue weighted by Gasteiger charge is 2.42. The van der Waals surface area contributed by atoms with Gasteiger partial charge in [-0.2, -0.15) is 0 Å². The average molecular weight is 483 g/mol. The van der Waals surface area contributed by atoms with Gasteiger partial charge in [0.1, 0.15) is 18.5 Å². The molecular formula is C30H46O3Si. The first kappa shape index (κ1) is 26.8. The highest BCUT2D eigenvalue weighted by molar-refractivity contribution is 6.74. The first-order valence-corrected chi connectivity index (χ1v) is 16.0. The number of para-hydroxylation sites is 1. The van der Waals surface area contributed by atoms with E-state index < -0.39 is 8.32 Å². The lowest BCUT2D eigenvalue weighted by Gasteiger charge is -2.38. The lowest BCUT2D eigenvalue weighted by molar-refractivity contribution is 0.0719. The van der Waals surface area contributed by atoms with Crippen molar-refractivity contribution in [2.75, 3.05) is 6.61 Å². The maximum Gasteiger partial charge on any atom is 0.193 e. The zero-order chi connectivity index (χ0) is 24.8. The van der Waals surface area contributed by atoms with Crippen molar-refractivity contribution >= 4 is 8.32 Å². The second-order valence-electron chi connectivity index (χ2n) is 11.7. The van der Waals surface area contributed by atoms with Gasteiger partial charge in [0.2, 0.25) is 0 Å². The summed E-state index contributed by atoms with van der Waals surface area (Å²) < 4.78 is 19.4. The SMILES string of the molecule is C=C1CCC/C=C\C[C@@H]2[C@@H](/C=C/[C@H](COc3ccccc3)O[Si](C)(C)C(C)(C)C)[C@H](C)C[C@@H]2O1. The molecule has 0 aromatic heterocycles. The van der Waals surface area contributed by atoms with Crippen LogP contribution in [0.2, 0.25) is 18.1 Å². The largest absolute Gasteiger partial charge is 0.495 e. The predicted molar refractivity (Wildman–Crippen MR) is 146 cm³/mol. The minimum Gasteiger partial charge on any atom is -0.495 e. The molecule has 0 unspecified atom stereocenters. The summed E-state index contributed by atoms with van der Waals surface area (Å²) in [5.41, 5.74) is 0. The van der Waals surface area contributed by atoms with Crippen LogP contribution in [0.15, 0.2) is 67.0 Å². The fourth-order valence-corrected chi connectivity index (χ4v) is 6.09. The molecule has 0 radical (unpaired) electrons. The molecule has 0 N–H and O–H groups in total. The monoisotopic (exact) mass is 482 g/mol. The van der Waals surface area contributed by atoms with Crippen LogP contribution in [-0.4, -0.2) is 27.1 Å². The van der Waals surface area contributed by atoms with E-state index in [0.29, 0.717) is 24.4 Å². The van der Waals surface area contributed by atoms with Gasteiger partial charge in [0.15, 0.2) is 8.32 Å². The minimum atomic E-state index is -1.95. The fourth-order valence-electron chi connectivity index (χ4n) is 4.84. The summed E-state index contributed by atoms with van der Waals surface area (Å²) in [6.07, 6.45) is 14.9. The van der Waals surface area contributed by atoms with E-state index in [4.69, 9.17) is 13.9 Å². The molecule has 3 rings (SSSR count). The van der Waals surface area contributed by atoms with Gasteiger partial charge in [0.25, 0.3) is 0 Å². The summed E-state index contributed by atoms with van der Waals surface area (Å²) in [4.78, 5) is 0. The molecule has 4 heteroatoms. The van der Waals surface area contributed by atoms with Crippen molar-refractivity contribution in [2.45, 2.75) is 90.1 Å². The van der Waals surface area contributed by atoms with E-state index in [9.17, 15) is 0 Å². The summed E-state index contributed by atoms with van der Waals surface area (Å²) in [6, 6.07) is 10.0. The molecule has 5 atom stereocenters. The van der Waals surface area contributed by atoms with E-state index in [1.54, 1.807) is 0 Å². The normalized spacial score (nSPS) is 28.2. The van der Waals surface area contributed by atoms with Gasteiger partial charge in [-0.25, -0.2) is 0 Å². The third kappa shape index (κ3) is 7.36. The van der Waals surface area contributed by atoms with Crippen molar-refractivity contribution in [2.24, 2.45) is 17.8 Å². The summed E-state index contributed by atoms with van der Waals surface area (Å²) in [5, 5.41) is 0.146. The highest BCUT2D eigenvalue weighted by atomic mass is 28.4. The van der Waals surface area contributed by atoms with Gasteiger partial charge in [-0.15, -0.1) is 0 Å². The van der Waals surface area contributed by atoms with Crippen LogP contribution in [0, 0.1) is 17.8 Å². The second kappa shape index (κ2) is 11.8. The zero-order valence-corrected chi connectivity index (χ0v) is 23.3. The molecule has 0 amide bonds. The molecule has 0 saturated heterocycles. The quantitative estimate of drug-likeness (QED) is 0.289. The Morgan fingerprint density at radius 1 is 1.18 bits per heavy atom. The van der Waals surface area contributed by atoms with E-state index in [1.807, 2.05) is 30.3 Å². The molecule has 1 aliphatic carbocycles. The van der Waals surface area contributed by atoms with Crippen molar-refractivity contribution in [3.8, 4) is 5.75 Å². The predicted octanol–water partition coefficient (Wildman–Crippen LogP) is 8.31. The molecule has 1 heterocycles. The Labute approximate surface area is 209 Å². The van der Waals surface area contributed by atoms with Crippen molar-refractivity contribution < 1.29 is 13.9 Å². The molecule has 1 saturated carbocycles. The molecular weight excluding hydrogens is 436 g/mol. The Bertz CT molecular complexity index is 836. The van der Waals surface area contributed by atoms with Gasteiger partial charge >= 0.3 is 0 Å². The number of benzene rings is 1. The van der Waals surface area contributed by atoms with Gasteiger partial charge < -0.3 is 13.9 Å². The molecule has 0 bridgehead atoms. The summed E-state index contributed by atoms with van der Waals surface area (Å²) in [7, 11) is -1.95. The number of fused-ring (bicyclic) bond motifs is 1. The van der Waals surface area contributed by atoms with Gasteiger partial charge in [-0.05, 0) is 67.8 Å². The van der Waals surface area contributed by atoms with Crippen LogP contribution in [0.1, 0.15) is 59.8 Å². The second-order valence-corrected chi connectivity index (χ2v) is 16.4. The number of hydrogen-bond donors (Lipinski definition) is 0. The van der Waals surface area contributed by atoms with E-state index >= 15 is 0 Å². The van der Waals surface area contributed by atoms with Crippen molar-refractivity contribution in [1.82, 2.24) is 0 Å². The van der Waals surface area contributed by atoms with Crippen molar-refractivity contribution in [3.63, 3.8) is 0 Å². The number of hydrogen-bond acceptors (Lipinski definition) is 3. The lowest BCUT2D eigenvalue weighted by Crippen LogP contribution is -2.45. The maximum absolute atomic E-state index is 6.82. The Balaban J connectivity index is 1.78. The molecule has 34 heavy (non-hydrogen) atoms. The van der Waals surface area contributed by atoms with Crippen molar-refractivity contribution in [3.05, 3.63) is 67.0 Å². The average Bonchev–Trinajstić information content (AvgIpc) is 3.06. The molecule has 0 spiro atoms. The van der Waals surface area contributed by atoms with Gasteiger partial charge in [-0.1, -0.05) is 76.8 Å². The minimum absolute atomic E-state index is 0.0710. The third-order valence-electron chi connectivity index (χ3n) is 7.91. The number of allylic oxidation sites excluding steroid dienone is 4. The smallest absolute Gasteiger partial charge is 0.193 e. The van der Waals surface area contributed by atoms with Crippen LogP contribution in [-0.2, 0) is 9.16 Å². The summed E-state index contributed by atoms with van der Waals surface area (Å²) in [6.45, 7) is 18.6. The summed E-state index contributed by atoms with van der Waals surface area (Å²) >= 11 is 0. The van der Waals surface area contributed by atoms with Crippen LogP contribution >= 0.6 is 0 Å². The third-order valence-corrected chi connectivity index (χ3v) is 12.4. The Morgan fingerprint density at radius 2 is 1.91 bits per heavy atom. The van der Waals surface area contributed by atoms with Gasteiger partial charge in [0, 0.05) is 12.3 Å². The van der Waals surface area contributed by atoms with Crippen LogP contribution in [0.25, 0.3) is 0 Å².